The molecule has 3 atom stereocenters. The van der Waals surface area contributed by atoms with Crippen LogP contribution < -0.4 is 24.2 Å². The number of rotatable bonds is 4. The van der Waals surface area contributed by atoms with Crippen molar-refractivity contribution in [2.24, 2.45) is 17.3 Å². The molecule has 1 unspecified atom stereocenters. The number of hydrogen-bond acceptors (Lipinski definition) is 4. The van der Waals surface area contributed by atoms with Gasteiger partial charge in [-0.25, -0.2) is 0 Å². The SMILES string of the molecule is CC(C)[C@@H]1CCCC(c2cnc(C=[C-]C(C)(C)C)[c-]n2)N[C@H]1CO.[CH3-].[Li+]. The van der Waals surface area contributed by atoms with Crippen molar-refractivity contribution in [1.82, 2.24) is 15.3 Å². The second-order valence-electron chi connectivity index (χ2n) is 8.18. The van der Waals surface area contributed by atoms with E-state index < -0.39 is 0 Å². The fraction of sp³-hybridized carbons (Fsp3) is 0.667. The van der Waals surface area contributed by atoms with E-state index in [-0.39, 0.29) is 50.4 Å². The third kappa shape index (κ3) is 7.52. The molecule has 26 heavy (non-hydrogen) atoms. The molecule has 2 rings (SSSR count). The number of hydrogen-bond donors (Lipinski definition) is 2. The van der Waals surface area contributed by atoms with Crippen LogP contribution in [0.3, 0.4) is 0 Å². The summed E-state index contributed by atoms with van der Waals surface area (Å²) in [6.45, 7) is 10.9. The summed E-state index contributed by atoms with van der Waals surface area (Å²) in [6.07, 6.45) is 13.3. The van der Waals surface area contributed by atoms with E-state index in [2.05, 4.69) is 62.2 Å². The van der Waals surface area contributed by atoms with E-state index in [1.54, 1.807) is 0 Å². The van der Waals surface area contributed by atoms with Crippen LogP contribution in [0.4, 0.5) is 0 Å². The molecule has 142 valence electrons. The van der Waals surface area contributed by atoms with Crippen LogP contribution in [-0.4, -0.2) is 27.7 Å². The Morgan fingerprint density at radius 2 is 2.08 bits per heavy atom. The molecule has 0 amide bonds. The van der Waals surface area contributed by atoms with Gasteiger partial charge in [0.1, 0.15) is 0 Å². The Hall–Kier alpha value is -0.663. The molecule has 0 spiro atoms. The van der Waals surface area contributed by atoms with Crippen molar-refractivity contribution in [2.75, 3.05) is 6.61 Å². The topological polar surface area (TPSA) is 58.0 Å². The zero-order valence-corrected chi connectivity index (χ0v) is 17.6. The van der Waals surface area contributed by atoms with Gasteiger partial charge in [0.15, 0.2) is 0 Å². The van der Waals surface area contributed by atoms with Crippen LogP contribution in [0.5, 0.6) is 0 Å². The average molecular weight is 351 g/mol. The third-order valence-electron chi connectivity index (χ3n) is 4.65. The van der Waals surface area contributed by atoms with Crippen molar-refractivity contribution in [1.29, 1.82) is 0 Å². The van der Waals surface area contributed by atoms with Gasteiger partial charge in [0, 0.05) is 12.1 Å². The Morgan fingerprint density at radius 3 is 2.58 bits per heavy atom. The molecule has 2 N–H and O–H groups in total. The van der Waals surface area contributed by atoms with Crippen molar-refractivity contribution in [3.8, 4) is 0 Å². The predicted octanol–water partition coefficient (Wildman–Crippen LogP) is 1.04. The molecular weight excluding hydrogens is 317 g/mol. The summed E-state index contributed by atoms with van der Waals surface area (Å²) in [5.41, 5.74) is 1.61. The Bertz CT molecular complexity index is 537. The first-order valence-corrected chi connectivity index (χ1v) is 9.02. The molecule has 0 saturated carbocycles. The molecule has 1 aliphatic heterocycles. The summed E-state index contributed by atoms with van der Waals surface area (Å²) >= 11 is 0. The third-order valence-corrected chi connectivity index (χ3v) is 4.65. The minimum absolute atomic E-state index is 0. The zero-order valence-electron chi connectivity index (χ0n) is 17.6. The Labute approximate surface area is 172 Å². The molecule has 0 aromatic carbocycles. The van der Waals surface area contributed by atoms with Crippen LogP contribution >= 0.6 is 0 Å². The summed E-state index contributed by atoms with van der Waals surface area (Å²) in [7, 11) is 0. The molecule has 1 fully saturated rings. The van der Waals surface area contributed by atoms with Gasteiger partial charge in [-0.3, -0.25) is 0 Å². The summed E-state index contributed by atoms with van der Waals surface area (Å²) in [4.78, 5) is 8.93. The fourth-order valence-corrected chi connectivity index (χ4v) is 3.28. The molecule has 0 bridgehead atoms. The molecule has 0 aliphatic carbocycles. The monoisotopic (exact) mass is 351 g/mol. The molecule has 5 heteroatoms. The van der Waals surface area contributed by atoms with Crippen LogP contribution in [0.15, 0.2) is 6.20 Å². The van der Waals surface area contributed by atoms with Gasteiger partial charge in [-0.05, 0) is 36.6 Å². The van der Waals surface area contributed by atoms with Crippen LogP contribution in [-0.2, 0) is 0 Å². The van der Waals surface area contributed by atoms with E-state index in [0.29, 0.717) is 17.5 Å². The maximum Gasteiger partial charge on any atom is 1.00 e. The number of allylic oxidation sites excluding steroid dienone is 1. The van der Waals surface area contributed by atoms with Crippen LogP contribution in [0.25, 0.3) is 6.08 Å². The standard InChI is InChI=1S/C20H31N3O.CH3.Li/c1-14(2)16-7-6-8-17(23-19(16)13-24)18-12-21-15(11-22-18)9-10-20(3,4)5;;/h9,12,14,16-17,19,23-24H,6-8,13H2,1-5H3;1H3;/q-2;-1;+1/t16-,17?,19-;;/m0../s1. The van der Waals surface area contributed by atoms with Crippen molar-refractivity contribution >= 4 is 6.08 Å². The normalized spacial score (nSPS) is 24.0. The first-order valence-electron chi connectivity index (χ1n) is 9.02. The smallest absolute Gasteiger partial charge is 0.405 e. The van der Waals surface area contributed by atoms with E-state index in [1.165, 1.54) is 0 Å². The number of nitrogens with zero attached hydrogens (tertiary/aromatic N) is 2. The van der Waals surface area contributed by atoms with E-state index in [9.17, 15) is 5.11 Å². The van der Waals surface area contributed by atoms with E-state index in [1.807, 2.05) is 12.3 Å². The predicted molar refractivity (Wildman–Crippen MR) is 103 cm³/mol. The Balaban J connectivity index is 0.00000312. The quantitative estimate of drug-likeness (QED) is 0.629. The van der Waals surface area contributed by atoms with Gasteiger partial charge in [0.05, 0.1) is 6.61 Å². The number of aliphatic hydroxyl groups is 1. The number of nitrogens with one attached hydrogen (secondary N) is 1. The minimum atomic E-state index is -0.00274. The zero-order chi connectivity index (χ0) is 17.7. The van der Waals surface area contributed by atoms with Crippen LogP contribution in [0.2, 0.25) is 0 Å². The van der Waals surface area contributed by atoms with Gasteiger partial charge in [0.2, 0.25) is 0 Å². The minimum Gasteiger partial charge on any atom is -0.405 e. The number of aromatic nitrogens is 2. The van der Waals surface area contributed by atoms with Gasteiger partial charge in [-0.15, -0.1) is 5.41 Å². The molecule has 1 aliphatic rings. The molecule has 2 heterocycles. The van der Waals surface area contributed by atoms with Crippen molar-refractivity contribution in [3.05, 3.63) is 37.3 Å². The second-order valence-corrected chi connectivity index (χ2v) is 8.18. The molecule has 4 nitrogen and oxygen atoms in total. The molecular formula is C21H34LiN3O-2. The van der Waals surface area contributed by atoms with Gasteiger partial charge in [-0.1, -0.05) is 41.0 Å². The first-order chi connectivity index (χ1) is 11.3. The van der Waals surface area contributed by atoms with Gasteiger partial charge >= 0.3 is 18.9 Å². The van der Waals surface area contributed by atoms with Crippen LogP contribution in [0, 0.1) is 37.0 Å². The maximum atomic E-state index is 9.77. The van der Waals surface area contributed by atoms with E-state index >= 15 is 0 Å². The molecule has 1 aromatic heterocycles. The van der Waals surface area contributed by atoms with Crippen molar-refractivity contribution in [2.45, 2.75) is 66.0 Å². The summed E-state index contributed by atoms with van der Waals surface area (Å²) in [5, 5.41) is 13.4. The van der Waals surface area contributed by atoms with Crippen molar-refractivity contribution < 1.29 is 24.0 Å². The van der Waals surface area contributed by atoms with Gasteiger partial charge in [0.25, 0.3) is 0 Å². The van der Waals surface area contributed by atoms with Gasteiger partial charge in [-0.2, -0.15) is 11.9 Å². The summed E-state index contributed by atoms with van der Waals surface area (Å²) < 4.78 is 0. The maximum absolute atomic E-state index is 9.77. The molecule has 1 aromatic rings. The Morgan fingerprint density at radius 1 is 1.38 bits per heavy atom. The summed E-state index contributed by atoms with van der Waals surface area (Å²) in [6, 6.07) is 0.257. The fourth-order valence-electron chi connectivity index (χ4n) is 3.28. The summed E-state index contributed by atoms with van der Waals surface area (Å²) in [5.74, 6) is 1.06. The molecule has 0 radical (unpaired) electrons. The van der Waals surface area contributed by atoms with Crippen LogP contribution in [0.1, 0.15) is 71.3 Å². The van der Waals surface area contributed by atoms with Crippen molar-refractivity contribution in [3.63, 3.8) is 0 Å². The first kappa shape index (κ1) is 25.3. The second kappa shape index (κ2) is 11.2. The van der Waals surface area contributed by atoms with Gasteiger partial charge < -0.3 is 40.0 Å². The average Bonchev–Trinajstić information content (AvgIpc) is 2.75. The van der Waals surface area contributed by atoms with E-state index in [0.717, 1.165) is 25.0 Å². The molecule has 1 saturated heterocycles. The Kier molecular flexibility index (Phi) is 11.0. The largest absolute Gasteiger partial charge is 1.00 e. The van der Waals surface area contributed by atoms with E-state index in [4.69, 9.17) is 0 Å². The number of aliphatic hydroxyl groups excluding tert-OH is 1.